The highest BCUT2D eigenvalue weighted by molar-refractivity contribution is 6.19. The van der Waals surface area contributed by atoms with E-state index in [-0.39, 0.29) is 5.75 Å². The van der Waals surface area contributed by atoms with Crippen molar-refractivity contribution >= 4 is 22.7 Å². The van der Waals surface area contributed by atoms with Crippen LogP contribution in [0.15, 0.2) is 54.7 Å². The van der Waals surface area contributed by atoms with Gasteiger partial charge in [-0.1, -0.05) is 30.3 Å². The molecule has 3 aromatic rings. The molecule has 0 atom stereocenters. The lowest BCUT2D eigenvalue weighted by atomic mass is 9.89. The van der Waals surface area contributed by atoms with Crippen molar-refractivity contribution < 1.29 is 17.9 Å². The number of benzene rings is 2. The SMILES string of the molecule is FC(F)(F)COc1cccc(CN2CCC(c3cn(Cl)c4ccccc34)CC2)c1. The van der Waals surface area contributed by atoms with Gasteiger partial charge in [-0.05, 0) is 61.2 Å². The van der Waals surface area contributed by atoms with Crippen molar-refractivity contribution in [1.29, 1.82) is 0 Å². The van der Waals surface area contributed by atoms with Crippen LogP contribution in [0.3, 0.4) is 0 Å². The van der Waals surface area contributed by atoms with Gasteiger partial charge in [-0.2, -0.15) is 13.2 Å². The van der Waals surface area contributed by atoms with Gasteiger partial charge in [0, 0.05) is 29.9 Å². The van der Waals surface area contributed by atoms with Gasteiger partial charge in [0.05, 0.1) is 5.52 Å². The van der Waals surface area contributed by atoms with Crippen molar-refractivity contribution in [2.45, 2.75) is 31.5 Å². The second kappa shape index (κ2) is 8.28. The van der Waals surface area contributed by atoms with Gasteiger partial charge in [-0.15, -0.1) is 0 Å². The number of rotatable bonds is 5. The summed E-state index contributed by atoms with van der Waals surface area (Å²) < 4.78 is 43.6. The Hall–Kier alpha value is -2.18. The number of nitrogens with zero attached hydrogens (tertiary/aromatic N) is 2. The summed E-state index contributed by atoms with van der Waals surface area (Å²) in [6.07, 6.45) is -0.262. The zero-order valence-electron chi connectivity index (χ0n) is 15.8. The third-order valence-corrected chi connectivity index (χ3v) is 5.71. The number of piperidine rings is 1. The molecule has 2 aromatic carbocycles. The summed E-state index contributed by atoms with van der Waals surface area (Å²) >= 11 is 6.33. The third kappa shape index (κ3) is 4.87. The van der Waals surface area contributed by atoms with Crippen LogP contribution in [0.1, 0.15) is 29.9 Å². The molecule has 1 aromatic heterocycles. The monoisotopic (exact) mass is 422 g/mol. The zero-order chi connectivity index (χ0) is 20.4. The van der Waals surface area contributed by atoms with Gasteiger partial charge in [0.2, 0.25) is 0 Å². The maximum atomic E-state index is 12.3. The smallest absolute Gasteiger partial charge is 0.422 e. The summed E-state index contributed by atoms with van der Waals surface area (Å²) in [7, 11) is 0. The van der Waals surface area contributed by atoms with Gasteiger partial charge in [0.15, 0.2) is 6.61 Å². The van der Waals surface area contributed by atoms with Crippen molar-refractivity contribution in [3.63, 3.8) is 0 Å². The Morgan fingerprint density at radius 3 is 2.55 bits per heavy atom. The Bertz CT molecular complexity index is 978. The molecule has 3 nitrogen and oxygen atoms in total. The molecule has 0 unspecified atom stereocenters. The molecule has 1 aliphatic heterocycles. The number of ether oxygens (including phenoxy) is 1. The number of fused-ring (bicyclic) bond motifs is 1. The Balaban J connectivity index is 1.37. The maximum absolute atomic E-state index is 12.3. The quantitative estimate of drug-likeness (QED) is 0.504. The molecule has 4 rings (SSSR count). The Morgan fingerprint density at radius 1 is 1.03 bits per heavy atom. The van der Waals surface area contributed by atoms with E-state index in [0.717, 1.165) is 37.0 Å². The molecule has 0 aliphatic carbocycles. The minimum Gasteiger partial charge on any atom is -0.484 e. The summed E-state index contributed by atoms with van der Waals surface area (Å²) in [4.78, 5) is 2.33. The molecule has 1 fully saturated rings. The predicted octanol–water partition coefficient (Wildman–Crippen LogP) is 5.96. The number of halogens is 4. The molecule has 0 saturated carbocycles. The first-order valence-corrected chi connectivity index (χ1v) is 10.00. The van der Waals surface area contributed by atoms with Gasteiger partial charge < -0.3 is 4.74 Å². The molecule has 7 heteroatoms. The van der Waals surface area contributed by atoms with Crippen LogP contribution in [-0.4, -0.2) is 34.9 Å². The van der Waals surface area contributed by atoms with E-state index in [1.807, 2.05) is 30.5 Å². The van der Waals surface area contributed by atoms with Gasteiger partial charge in [-0.3, -0.25) is 8.99 Å². The first-order chi connectivity index (χ1) is 13.9. The number of aromatic nitrogens is 1. The lowest BCUT2D eigenvalue weighted by Crippen LogP contribution is -2.32. The van der Waals surface area contributed by atoms with Gasteiger partial charge in [0.25, 0.3) is 0 Å². The minimum atomic E-state index is -4.33. The van der Waals surface area contributed by atoms with Crippen LogP contribution in [0, 0.1) is 0 Å². The maximum Gasteiger partial charge on any atom is 0.422 e. The van der Waals surface area contributed by atoms with Crippen molar-refractivity contribution in [1.82, 2.24) is 8.99 Å². The average Bonchev–Trinajstić information content (AvgIpc) is 3.04. The van der Waals surface area contributed by atoms with Crippen LogP contribution in [0.4, 0.5) is 13.2 Å². The molecule has 1 saturated heterocycles. The van der Waals surface area contributed by atoms with E-state index in [2.05, 4.69) is 11.0 Å². The first kappa shape index (κ1) is 20.1. The Morgan fingerprint density at radius 2 is 1.79 bits per heavy atom. The van der Waals surface area contributed by atoms with Crippen LogP contribution in [0.2, 0.25) is 0 Å². The number of para-hydroxylation sites is 1. The molecule has 0 radical (unpaired) electrons. The average molecular weight is 423 g/mol. The molecule has 154 valence electrons. The van der Waals surface area contributed by atoms with Gasteiger partial charge in [-0.25, -0.2) is 0 Å². The first-order valence-electron chi connectivity index (χ1n) is 9.66. The topological polar surface area (TPSA) is 17.4 Å². The van der Waals surface area contributed by atoms with Crippen molar-refractivity contribution in [2.24, 2.45) is 0 Å². The second-order valence-corrected chi connectivity index (χ2v) is 7.88. The van der Waals surface area contributed by atoms with E-state index in [1.165, 1.54) is 10.9 Å². The minimum absolute atomic E-state index is 0.254. The van der Waals surface area contributed by atoms with E-state index in [9.17, 15) is 13.2 Å². The fourth-order valence-corrected chi connectivity index (χ4v) is 4.30. The molecule has 0 bridgehead atoms. The molecule has 0 N–H and O–H groups in total. The van der Waals surface area contributed by atoms with Crippen LogP contribution < -0.4 is 4.74 Å². The van der Waals surface area contributed by atoms with Gasteiger partial charge in [0.1, 0.15) is 5.75 Å². The third-order valence-electron chi connectivity index (χ3n) is 5.43. The highest BCUT2D eigenvalue weighted by Gasteiger charge is 2.28. The molecular weight excluding hydrogens is 401 g/mol. The van der Waals surface area contributed by atoms with E-state index in [0.29, 0.717) is 12.5 Å². The number of likely N-dealkylation sites (tertiary alicyclic amines) is 1. The van der Waals surface area contributed by atoms with Crippen LogP contribution >= 0.6 is 11.8 Å². The lowest BCUT2D eigenvalue weighted by molar-refractivity contribution is -0.153. The number of alkyl halides is 3. The van der Waals surface area contributed by atoms with E-state index >= 15 is 0 Å². The van der Waals surface area contributed by atoms with E-state index in [4.69, 9.17) is 16.5 Å². The molecular formula is C22H22ClF3N2O. The number of hydrogen-bond donors (Lipinski definition) is 0. The fraction of sp³-hybridized carbons (Fsp3) is 0.364. The summed E-state index contributed by atoms with van der Waals surface area (Å²) in [6.45, 7) is 1.30. The molecule has 0 spiro atoms. The molecule has 1 aliphatic rings. The van der Waals surface area contributed by atoms with Crippen molar-refractivity contribution in [3.05, 3.63) is 65.9 Å². The van der Waals surface area contributed by atoms with Crippen LogP contribution in [0.5, 0.6) is 5.75 Å². The fourth-order valence-electron chi connectivity index (χ4n) is 4.05. The normalized spacial score (nSPS) is 16.4. The highest BCUT2D eigenvalue weighted by atomic mass is 35.5. The van der Waals surface area contributed by atoms with E-state index < -0.39 is 12.8 Å². The van der Waals surface area contributed by atoms with E-state index in [1.54, 1.807) is 22.3 Å². The molecule has 0 amide bonds. The Labute approximate surface area is 172 Å². The summed E-state index contributed by atoms with van der Waals surface area (Å²) in [6, 6.07) is 15.1. The van der Waals surface area contributed by atoms with Crippen LogP contribution in [-0.2, 0) is 6.54 Å². The molecule has 2 heterocycles. The summed E-state index contributed by atoms with van der Waals surface area (Å²) in [5.74, 6) is 0.710. The largest absolute Gasteiger partial charge is 0.484 e. The molecule has 29 heavy (non-hydrogen) atoms. The van der Waals surface area contributed by atoms with Crippen molar-refractivity contribution in [3.8, 4) is 5.75 Å². The zero-order valence-corrected chi connectivity index (χ0v) is 16.6. The van der Waals surface area contributed by atoms with Crippen LogP contribution in [0.25, 0.3) is 10.9 Å². The number of hydrogen-bond acceptors (Lipinski definition) is 2. The standard InChI is InChI=1S/C22H22ClF3N2O/c23-28-14-20(19-6-1-2-7-21(19)28)17-8-10-27(11-9-17)13-16-4-3-5-18(12-16)29-15-22(24,25)26/h1-7,12,14,17H,8-11,13,15H2. The van der Waals surface area contributed by atoms with Gasteiger partial charge >= 0.3 is 6.18 Å². The summed E-state index contributed by atoms with van der Waals surface area (Å²) in [5, 5.41) is 1.20. The Kier molecular flexibility index (Phi) is 5.74. The van der Waals surface area contributed by atoms with Crippen molar-refractivity contribution in [2.75, 3.05) is 19.7 Å². The lowest BCUT2D eigenvalue weighted by Gasteiger charge is -2.32. The predicted molar refractivity (Wildman–Crippen MR) is 108 cm³/mol. The summed E-state index contributed by atoms with van der Waals surface area (Å²) in [5.41, 5.74) is 3.28. The second-order valence-electron chi connectivity index (χ2n) is 7.51. The highest BCUT2D eigenvalue weighted by Crippen LogP contribution is 2.35.